The molecule has 0 bridgehead atoms. The third-order valence-electron chi connectivity index (χ3n) is 3.68. The van der Waals surface area contributed by atoms with Crippen molar-refractivity contribution < 1.29 is 0 Å². The quantitative estimate of drug-likeness (QED) is 0.794. The van der Waals surface area contributed by atoms with Gasteiger partial charge in [0.2, 0.25) is 5.95 Å². The zero-order valence-corrected chi connectivity index (χ0v) is 12.0. The van der Waals surface area contributed by atoms with Crippen molar-refractivity contribution >= 4 is 11.8 Å². The van der Waals surface area contributed by atoms with Gasteiger partial charge in [-0.1, -0.05) is 6.92 Å². The molecule has 1 aromatic rings. The molecule has 5 nitrogen and oxygen atoms in total. The van der Waals surface area contributed by atoms with E-state index >= 15 is 0 Å². The van der Waals surface area contributed by atoms with E-state index in [0.717, 1.165) is 36.8 Å². The van der Waals surface area contributed by atoms with E-state index in [0.29, 0.717) is 5.95 Å². The molecule has 106 valence electrons. The molecule has 1 saturated heterocycles. The van der Waals surface area contributed by atoms with Crippen molar-refractivity contribution in [2.75, 3.05) is 37.2 Å². The molecular formula is C14H25N5. The van der Waals surface area contributed by atoms with Gasteiger partial charge in [0.05, 0.1) is 0 Å². The molecule has 5 heteroatoms. The highest BCUT2D eigenvalue weighted by Crippen LogP contribution is 2.15. The van der Waals surface area contributed by atoms with Gasteiger partial charge in [0.1, 0.15) is 5.82 Å². The second kappa shape index (κ2) is 6.70. The van der Waals surface area contributed by atoms with Gasteiger partial charge in [0.15, 0.2) is 0 Å². The Labute approximate surface area is 115 Å². The summed E-state index contributed by atoms with van der Waals surface area (Å²) in [7, 11) is 0. The topological polar surface area (TPSA) is 67.1 Å². The molecule has 0 spiro atoms. The van der Waals surface area contributed by atoms with Crippen LogP contribution in [0.25, 0.3) is 0 Å². The van der Waals surface area contributed by atoms with Gasteiger partial charge in [0.25, 0.3) is 0 Å². The van der Waals surface area contributed by atoms with Crippen molar-refractivity contribution in [1.82, 2.24) is 14.9 Å². The lowest BCUT2D eigenvalue weighted by molar-refractivity contribution is 0.183. The second-order valence-electron chi connectivity index (χ2n) is 5.59. The van der Waals surface area contributed by atoms with E-state index in [1.54, 1.807) is 6.20 Å². The summed E-state index contributed by atoms with van der Waals surface area (Å²) in [6, 6.07) is 0. The van der Waals surface area contributed by atoms with E-state index < -0.39 is 0 Å². The predicted molar refractivity (Wildman–Crippen MR) is 79.1 cm³/mol. The highest BCUT2D eigenvalue weighted by atomic mass is 15.1. The minimum absolute atomic E-state index is 0.331. The van der Waals surface area contributed by atoms with Crippen molar-refractivity contribution in [3.05, 3.63) is 11.8 Å². The monoisotopic (exact) mass is 263 g/mol. The van der Waals surface area contributed by atoms with Crippen LogP contribution in [0.1, 0.15) is 31.7 Å². The molecular weight excluding hydrogens is 238 g/mol. The van der Waals surface area contributed by atoms with Crippen LogP contribution < -0.4 is 11.1 Å². The van der Waals surface area contributed by atoms with Crippen LogP contribution in [0, 0.1) is 12.8 Å². The fourth-order valence-corrected chi connectivity index (χ4v) is 2.63. The first-order valence-electron chi connectivity index (χ1n) is 7.20. The van der Waals surface area contributed by atoms with E-state index in [-0.39, 0.29) is 0 Å². The molecule has 2 rings (SSSR count). The number of nitrogens with one attached hydrogen (secondary N) is 1. The first kappa shape index (κ1) is 14.1. The first-order chi connectivity index (χ1) is 9.15. The molecule has 1 aliphatic heterocycles. The molecule has 19 heavy (non-hydrogen) atoms. The number of nitrogens with two attached hydrogens (primary N) is 1. The van der Waals surface area contributed by atoms with Crippen molar-refractivity contribution in [1.29, 1.82) is 0 Å². The van der Waals surface area contributed by atoms with Crippen LogP contribution in [-0.2, 0) is 0 Å². The molecule has 0 aromatic carbocycles. The predicted octanol–water partition coefficient (Wildman–Crippen LogP) is 1.90. The summed E-state index contributed by atoms with van der Waals surface area (Å²) in [5.74, 6) is 2.04. The number of aryl methyl sites for hydroxylation is 1. The molecule has 2 heterocycles. The summed E-state index contributed by atoms with van der Waals surface area (Å²) < 4.78 is 0. The normalized spacial score (nSPS) is 20.4. The summed E-state index contributed by atoms with van der Waals surface area (Å²) in [5, 5.41) is 3.35. The lowest BCUT2D eigenvalue weighted by Gasteiger charge is -2.30. The average Bonchev–Trinajstić information content (AvgIpc) is 2.39. The van der Waals surface area contributed by atoms with Gasteiger partial charge in [-0.3, -0.25) is 0 Å². The van der Waals surface area contributed by atoms with Gasteiger partial charge >= 0.3 is 0 Å². The molecule has 0 aliphatic carbocycles. The SMILES string of the molecule is Cc1cnc(N)nc1NCCCN1CCCC(C)C1. The van der Waals surface area contributed by atoms with Gasteiger partial charge in [-0.25, -0.2) is 4.98 Å². The molecule has 0 amide bonds. The number of hydrogen-bond acceptors (Lipinski definition) is 5. The standard InChI is InChI=1S/C14H25N5/c1-11-5-3-7-19(10-11)8-4-6-16-13-12(2)9-17-14(15)18-13/h9,11H,3-8,10H2,1-2H3,(H3,15,16,17,18). The van der Waals surface area contributed by atoms with Crippen LogP contribution in [0.2, 0.25) is 0 Å². The summed E-state index contributed by atoms with van der Waals surface area (Å²) in [6.45, 7) is 8.94. The maximum absolute atomic E-state index is 5.59. The maximum Gasteiger partial charge on any atom is 0.221 e. The largest absolute Gasteiger partial charge is 0.370 e. The smallest absolute Gasteiger partial charge is 0.221 e. The van der Waals surface area contributed by atoms with Crippen LogP contribution in [0.3, 0.4) is 0 Å². The lowest BCUT2D eigenvalue weighted by atomic mass is 10.0. The van der Waals surface area contributed by atoms with Crippen LogP contribution in [0.5, 0.6) is 0 Å². The number of likely N-dealkylation sites (tertiary alicyclic amines) is 1. The number of anilines is 2. The van der Waals surface area contributed by atoms with Crippen molar-refractivity contribution in [3.8, 4) is 0 Å². The zero-order valence-electron chi connectivity index (χ0n) is 12.0. The second-order valence-corrected chi connectivity index (χ2v) is 5.59. The molecule has 1 aliphatic rings. The number of nitrogen functional groups attached to an aromatic ring is 1. The molecule has 0 radical (unpaired) electrons. The molecule has 1 unspecified atom stereocenters. The van der Waals surface area contributed by atoms with Crippen molar-refractivity contribution in [3.63, 3.8) is 0 Å². The molecule has 1 atom stereocenters. The number of rotatable bonds is 5. The third kappa shape index (κ3) is 4.35. The Morgan fingerprint density at radius 1 is 1.53 bits per heavy atom. The van der Waals surface area contributed by atoms with E-state index in [1.807, 2.05) is 6.92 Å². The van der Waals surface area contributed by atoms with E-state index in [4.69, 9.17) is 5.73 Å². The lowest BCUT2D eigenvalue weighted by Crippen LogP contribution is -2.35. The van der Waals surface area contributed by atoms with E-state index in [2.05, 4.69) is 27.1 Å². The van der Waals surface area contributed by atoms with Crippen LogP contribution >= 0.6 is 0 Å². The Bertz CT molecular complexity index is 407. The van der Waals surface area contributed by atoms with E-state index in [9.17, 15) is 0 Å². The highest BCUT2D eigenvalue weighted by Gasteiger charge is 2.15. The number of aromatic nitrogens is 2. The Hall–Kier alpha value is -1.36. The van der Waals surface area contributed by atoms with E-state index in [1.165, 1.54) is 25.9 Å². The van der Waals surface area contributed by atoms with Crippen molar-refractivity contribution in [2.45, 2.75) is 33.1 Å². The van der Waals surface area contributed by atoms with Gasteiger partial charge in [0, 0.05) is 24.8 Å². The fourth-order valence-electron chi connectivity index (χ4n) is 2.63. The first-order valence-corrected chi connectivity index (χ1v) is 7.20. The Kier molecular flexibility index (Phi) is 4.96. The van der Waals surface area contributed by atoms with Crippen LogP contribution in [0.15, 0.2) is 6.20 Å². The van der Waals surface area contributed by atoms with Gasteiger partial charge in [-0.05, 0) is 45.2 Å². The Balaban J connectivity index is 1.70. The summed E-state index contributed by atoms with van der Waals surface area (Å²) in [4.78, 5) is 10.7. The average molecular weight is 263 g/mol. The molecule has 0 saturated carbocycles. The Morgan fingerprint density at radius 3 is 3.16 bits per heavy atom. The maximum atomic E-state index is 5.59. The summed E-state index contributed by atoms with van der Waals surface area (Å²) in [6.07, 6.45) is 5.62. The molecule has 1 fully saturated rings. The number of piperidine rings is 1. The molecule has 3 N–H and O–H groups in total. The zero-order chi connectivity index (χ0) is 13.7. The van der Waals surface area contributed by atoms with Crippen LogP contribution in [0.4, 0.5) is 11.8 Å². The summed E-state index contributed by atoms with van der Waals surface area (Å²) in [5.41, 5.74) is 6.64. The van der Waals surface area contributed by atoms with Crippen molar-refractivity contribution in [2.24, 2.45) is 5.92 Å². The molecule has 1 aromatic heterocycles. The minimum Gasteiger partial charge on any atom is -0.370 e. The third-order valence-corrected chi connectivity index (χ3v) is 3.68. The number of nitrogens with zero attached hydrogens (tertiary/aromatic N) is 3. The van der Waals surface area contributed by atoms with Gasteiger partial charge in [-0.15, -0.1) is 0 Å². The van der Waals surface area contributed by atoms with Crippen LogP contribution in [-0.4, -0.2) is 41.0 Å². The Morgan fingerprint density at radius 2 is 2.37 bits per heavy atom. The number of hydrogen-bond donors (Lipinski definition) is 2. The minimum atomic E-state index is 0.331. The fraction of sp³-hybridized carbons (Fsp3) is 0.714. The van der Waals surface area contributed by atoms with Gasteiger partial charge < -0.3 is 16.0 Å². The summed E-state index contributed by atoms with van der Waals surface area (Å²) >= 11 is 0. The highest BCUT2D eigenvalue weighted by molar-refractivity contribution is 5.44. The van der Waals surface area contributed by atoms with Gasteiger partial charge in [-0.2, -0.15) is 4.98 Å².